The van der Waals surface area contributed by atoms with Crippen molar-refractivity contribution in [3.8, 4) is 0 Å². The Hall–Kier alpha value is -0.120. The fourth-order valence-electron chi connectivity index (χ4n) is 3.90. The number of aliphatic imine (C=N–C) groups is 1. The van der Waals surface area contributed by atoms with E-state index in [4.69, 9.17) is 19.2 Å². The first-order valence-corrected chi connectivity index (χ1v) is 8.95. The van der Waals surface area contributed by atoms with Crippen molar-refractivity contribution in [3.05, 3.63) is 0 Å². The van der Waals surface area contributed by atoms with Gasteiger partial charge < -0.3 is 24.4 Å². The third-order valence-electron chi connectivity index (χ3n) is 5.61. The van der Waals surface area contributed by atoms with Crippen LogP contribution in [0.2, 0.25) is 0 Å². The number of rotatable bonds is 4. The molecular weight excluding hydrogens is 421 g/mol. The van der Waals surface area contributed by atoms with Crippen molar-refractivity contribution in [2.24, 2.45) is 10.4 Å². The predicted molar refractivity (Wildman–Crippen MR) is 105 cm³/mol. The molecule has 1 N–H and O–H groups in total. The number of halogens is 1. The molecule has 3 rings (SSSR count). The van der Waals surface area contributed by atoms with Crippen LogP contribution in [0.15, 0.2) is 4.99 Å². The van der Waals surface area contributed by atoms with Crippen molar-refractivity contribution < 1.29 is 14.2 Å². The van der Waals surface area contributed by atoms with Gasteiger partial charge in [-0.3, -0.25) is 4.99 Å². The van der Waals surface area contributed by atoms with Crippen molar-refractivity contribution in [2.45, 2.75) is 38.2 Å². The number of nitrogens with zero attached hydrogens (tertiary/aromatic N) is 2. The molecule has 0 bridgehead atoms. The molecule has 0 aliphatic carbocycles. The number of nitrogens with one attached hydrogen (secondary N) is 1. The molecule has 3 aliphatic heterocycles. The maximum absolute atomic E-state index is 5.81. The molecule has 1 atom stereocenters. The molecule has 140 valence electrons. The van der Waals surface area contributed by atoms with Crippen molar-refractivity contribution in [3.63, 3.8) is 0 Å². The molecule has 0 aromatic rings. The molecule has 0 aromatic heterocycles. The van der Waals surface area contributed by atoms with Gasteiger partial charge in [0.1, 0.15) is 0 Å². The Balaban J connectivity index is 0.00000208. The lowest BCUT2D eigenvalue weighted by atomic mass is 9.87. The Bertz CT molecular complexity index is 421. The van der Waals surface area contributed by atoms with E-state index in [2.05, 4.69) is 17.1 Å². The first kappa shape index (κ1) is 20.2. The Labute approximate surface area is 162 Å². The lowest BCUT2D eigenvalue weighted by Crippen LogP contribution is -2.45. The number of methoxy groups -OCH3 is 1. The molecule has 1 spiro atoms. The molecule has 24 heavy (non-hydrogen) atoms. The average Bonchev–Trinajstić information content (AvgIpc) is 3.23. The van der Waals surface area contributed by atoms with Crippen molar-refractivity contribution in [1.82, 2.24) is 10.2 Å². The zero-order valence-electron chi connectivity index (χ0n) is 15.0. The second-order valence-corrected chi connectivity index (χ2v) is 7.14. The molecular formula is C17H32IN3O3. The molecule has 3 saturated heterocycles. The van der Waals surface area contributed by atoms with Crippen LogP contribution in [-0.4, -0.2) is 76.2 Å². The van der Waals surface area contributed by atoms with Gasteiger partial charge in [0.15, 0.2) is 5.96 Å². The standard InChI is InChI=1S/C17H31N3O3.HI/c1-3-18-15(19-12-17(21-2)6-10-22-11-7-17)20-8-4-16(13-20)5-9-23-14-16;/h3-14H2,1-2H3,(H,18,19);1H. The van der Waals surface area contributed by atoms with E-state index in [0.717, 1.165) is 64.9 Å². The highest BCUT2D eigenvalue weighted by atomic mass is 127. The van der Waals surface area contributed by atoms with E-state index < -0.39 is 0 Å². The highest BCUT2D eigenvalue weighted by Gasteiger charge is 2.42. The van der Waals surface area contributed by atoms with Crippen LogP contribution in [0, 0.1) is 5.41 Å². The topological polar surface area (TPSA) is 55.3 Å². The zero-order chi connectivity index (χ0) is 16.2. The minimum absolute atomic E-state index is 0. The molecule has 3 heterocycles. The van der Waals surface area contributed by atoms with Crippen LogP contribution in [-0.2, 0) is 14.2 Å². The second-order valence-electron chi connectivity index (χ2n) is 7.14. The van der Waals surface area contributed by atoms with Gasteiger partial charge >= 0.3 is 0 Å². The Morgan fingerprint density at radius 2 is 1.92 bits per heavy atom. The van der Waals surface area contributed by atoms with Gasteiger partial charge in [-0.2, -0.15) is 0 Å². The number of hydrogen-bond acceptors (Lipinski definition) is 4. The third kappa shape index (κ3) is 4.53. The van der Waals surface area contributed by atoms with Gasteiger partial charge in [0.05, 0.1) is 18.8 Å². The van der Waals surface area contributed by atoms with Crippen molar-refractivity contribution in [2.75, 3.05) is 59.7 Å². The Morgan fingerprint density at radius 3 is 2.54 bits per heavy atom. The second kappa shape index (κ2) is 9.00. The Morgan fingerprint density at radius 1 is 1.17 bits per heavy atom. The Kier molecular flexibility index (Phi) is 7.58. The number of ether oxygens (including phenoxy) is 3. The predicted octanol–water partition coefficient (Wildman–Crippen LogP) is 1.88. The van der Waals surface area contributed by atoms with Crippen LogP contribution < -0.4 is 5.32 Å². The van der Waals surface area contributed by atoms with Crippen LogP contribution >= 0.6 is 24.0 Å². The average molecular weight is 453 g/mol. The maximum Gasteiger partial charge on any atom is 0.194 e. The molecule has 1 unspecified atom stereocenters. The van der Waals surface area contributed by atoms with Gasteiger partial charge in [-0.25, -0.2) is 0 Å². The SMILES string of the molecule is CCNC(=NCC1(OC)CCOCC1)N1CCC2(CCOC2)C1.I. The van der Waals surface area contributed by atoms with Crippen LogP contribution in [0.5, 0.6) is 0 Å². The molecule has 3 aliphatic rings. The van der Waals surface area contributed by atoms with Gasteiger partial charge in [-0.15, -0.1) is 24.0 Å². The molecule has 0 aromatic carbocycles. The summed E-state index contributed by atoms with van der Waals surface area (Å²) in [5.41, 5.74) is 0.195. The lowest BCUT2D eigenvalue weighted by molar-refractivity contribution is -0.0829. The highest BCUT2D eigenvalue weighted by Crippen LogP contribution is 2.38. The molecule has 0 amide bonds. The largest absolute Gasteiger partial charge is 0.381 e. The number of likely N-dealkylation sites (tertiary alicyclic amines) is 1. The monoisotopic (exact) mass is 453 g/mol. The summed E-state index contributed by atoms with van der Waals surface area (Å²) >= 11 is 0. The molecule has 0 radical (unpaired) electrons. The quantitative estimate of drug-likeness (QED) is 0.400. The van der Waals surface area contributed by atoms with Crippen LogP contribution in [0.1, 0.15) is 32.6 Å². The van der Waals surface area contributed by atoms with E-state index in [-0.39, 0.29) is 29.6 Å². The normalized spacial score (nSPS) is 29.8. The fourth-order valence-corrected chi connectivity index (χ4v) is 3.90. The van der Waals surface area contributed by atoms with E-state index in [1.54, 1.807) is 7.11 Å². The van der Waals surface area contributed by atoms with Gasteiger partial charge in [0, 0.05) is 64.8 Å². The summed E-state index contributed by atoms with van der Waals surface area (Å²) in [5, 5.41) is 3.46. The lowest BCUT2D eigenvalue weighted by Gasteiger charge is -2.35. The van der Waals surface area contributed by atoms with Gasteiger partial charge in [0.25, 0.3) is 0 Å². The smallest absolute Gasteiger partial charge is 0.194 e. The number of hydrogen-bond donors (Lipinski definition) is 1. The van der Waals surface area contributed by atoms with Crippen LogP contribution in [0.3, 0.4) is 0 Å². The van der Waals surface area contributed by atoms with E-state index in [0.29, 0.717) is 12.0 Å². The van der Waals surface area contributed by atoms with Crippen LogP contribution in [0.4, 0.5) is 0 Å². The van der Waals surface area contributed by atoms with Gasteiger partial charge in [0.2, 0.25) is 0 Å². The van der Waals surface area contributed by atoms with E-state index in [1.807, 2.05) is 0 Å². The van der Waals surface area contributed by atoms with Crippen molar-refractivity contribution in [1.29, 1.82) is 0 Å². The van der Waals surface area contributed by atoms with E-state index >= 15 is 0 Å². The summed E-state index contributed by atoms with van der Waals surface area (Å²) in [6, 6.07) is 0. The summed E-state index contributed by atoms with van der Waals surface area (Å²) in [6.45, 7) is 9.20. The van der Waals surface area contributed by atoms with Crippen molar-refractivity contribution >= 4 is 29.9 Å². The molecule has 0 saturated carbocycles. The molecule has 3 fully saturated rings. The minimum atomic E-state index is -0.160. The summed E-state index contributed by atoms with van der Waals surface area (Å²) in [5.74, 6) is 1.03. The first-order valence-electron chi connectivity index (χ1n) is 8.95. The summed E-state index contributed by atoms with van der Waals surface area (Å²) in [7, 11) is 1.80. The minimum Gasteiger partial charge on any atom is -0.381 e. The zero-order valence-corrected chi connectivity index (χ0v) is 17.3. The summed E-state index contributed by atoms with van der Waals surface area (Å²) in [4.78, 5) is 7.33. The molecule has 7 heteroatoms. The van der Waals surface area contributed by atoms with Gasteiger partial charge in [-0.1, -0.05) is 0 Å². The maximum atomic E-state index is 5.81. The third-order valence-corrected chi connectivity index (χ3v) is 5.61. The fraction of sp³-hybridized carbons (Fsp3) is 0.941. The molecule has 6 nitrogen and oxygen atoms in total. The van der Waals surface area contributed by atoms with E-state index in [1.165, 1.54) is 12.8 Å². The number of guanidine groups is 1. The van der Waals surface area contributed by atoms with Crippen LogP contribution in [0.25, 0.3) is 0 Å². The first-order chi connectivity index (χ1) is 11.2. The van der Waals surface area contributed by atoms with E-state index in [9.17, 15) is 0 Å². The summed E-state index contributed by atoms with van der Waals surface area (Å²) in [6.07, 6.45) is 4.23. The highest BCUT2D eigenvalue weighted by molar-refractivity contribution is 14.0. The van der Waals surface area contributed by atoms with Gasteiger partial charge in [-0.05, 0) is 19.8 Å². The summed E-state index contributed by atoms with van der Waals surface area (Å²) < 4.78 is 16.9.